The first kappa shape index (κ1) is 11.7. The first-order valence-corrected chi connectivity index (χ1v) is 6.28. The Morgan fingerprint density at radius 2 is 2.28 bits per heavy atom. The topological polar surface area (TPSA) is 48.4 Å². The number of ether oxygens (including phenoxy) is 1. The predicted octanol–water partition coefficient (Wildman–Crippen LogP) is 3.14. The summed E-state index contributed by atoms with van der Waals surface area (Å²) in [6.45, 7) is 0.822. The number of fused-ring (bicyclic) bond motifs is 1. The Labute approximate surface area is 105 Å². The molecule has 1 aromatic heterocycles. The van der Waals surface area contributed by atoms with Crippen LogP contribution in [0.3, 0.4) is 0 Å². The molecule has 2 unspecified atom stereocenters. The van der Waals surface area contributed by atoms with Gasteiger partial charge in [-0.05, 0) is 43.5 Å². The van der Waals surface area contributed by atoms with Crippen LogP contribution in [-0.4, -0.2) is 12.7 Å². The molecule has 18 heavy (non-hydrogen) atoms. The van der Waals surface area contributed by atoms with E-state index in [0.29, 0.717) is 11.3 Å². The predicted molar refractivity (Wildman–Crippen MR) is 66.7 cm³/mol. The standard InChI is InChI=1S/C14H16FNO2/c15-10-3-4-13-9(6-10)7-14(18-13)12(16)8-11-2-1-5-17-11/h3-4,6-7,11-12H,1-2,5,8,16H2. The van der Waals surface area contributed by atoms with E-state index in [1.165, 1.54) is 12.1 Å². The van der Waals surface area contributed by atoms with Gasteiger partial charge in [0.15, 0.2) is 0 Å². The van der Waals surface area contributed by atoms with Gasteiger partial charge < -0.3 is 14.9 Å². The fraction of sp³-hybridized carbons (Fsp3) is 0.429. The third-order valence-corrected chi connectivity index (χ3v) is 3.40. The van der Waals surface area contributed by atoms with Crippen LogP contribution in [-0.2, 0) is 4.74 Å². The van der Waals surface area contributed by atoms with Gasteiger partial charge in [0.1, 0.15) is 17.2 Å². The minimum atomic E-state index is -0.262. The molecule has 0 saturated carbocycles. The molecule has 2 aromatic rings. The smallest absolute Gasteiger partial charge is 0.134 e. The van der Waals surface area contributed by atoms with E-state index < -0.39 is 0 Å². The second-order valence-corrected chi connectivity index (χ2v) is 4.81. The van der Waals surface area contributed by atoms with Gasteiger partial charge in [0.05, 0.1) is 12.1 Å². The summed E-state index contributed by atoms with van der Waals surface area (Å²) in [6.07, 6.45) is 3.14. The SMILES string of the molecule is NC(CC1CCCO1)c1cc2cc(F)ccc2o1. The normalized spacial score (nSPS) is 21.6. The average molecular weight is 249 g/mol. The fourth-order valence-electron chi connectivity index (χ4n) is 2.45. The molecule has 2 atom stereocenters. The first-order chi connectivity index (χ1) is 8.72. The van der Waals surface area contributed by atoms with Crippen molar-refractivity contribution < 1.29 is 13.5 Å². The third kappa shape index (κ3) is 2.26. The fourth-order valence-corrected chi connectivity index (χ4v) is 2.45. The van der Waals surface area contributed by atoms with E-state index >= 15 is 0 Å². The molecular weight excluding hydrogens is 233 g/mol. The van der Waals surface area contributed by atoms with Crippen molar-refractivity contribution in [3.8, 4) is 0 Å². The van der Waals surface area contributed by atoms with E-state index in [4.69, 9.17) is 14.9 Å². The van der Waals surface area contributed by atoms with Crippen molar-refractivity contribution in [2.75, 3.05) is 6.61 Å². The molecule has 1 aliphatic rings. The van der Waals surface area contributed by atoms with Crippen LogP contribution in [0.1, 0.15) is 31.1 Å². The molecule has 2 heterocycles. The average Bonchev–Trinajstić information content (AvgIpc) is 2.96. The van der Waals surface area contributed by atoms with Crippen molar-refractivity contribution in [2.45, 2.75) is 31.4 Å². The summed E-state index contributed by atoms with van der Waals surface area (Å²) in [7, 11) is 0. The lowest BCUT2D eigenvalue weighted by molar-refractivity contribution is 0.0965. The quantitative estimate of drug-likeness (QED) is 0.909. The number of rotatable bonds is 3. The van der Waals surface area contributed by atoms with E-state index in [0.717, 1.165) is 31.3 Å². The number of nitrogens with two attached hydrogens (primary N) is 1. The molecule has 1 saturated heterocycles. The maximum absolute atomic E-state index is 13.1. The molecule has 2 N–H and O–H groups in total. The Balaban J connectivity index is 1.80. The Morgan fingerprint density at radius 3 is 3.06 bits per heavy atom. The van der Waals surface area contributed by atoms with Crippen LogP contribution in [0, 0.1) is 5.82 Å². The van der Waals surface area contributed by atoms with E-state index in [1.54, 1.807) is 6.07 Å². The van der Waals surface area contributed by atoms with Crippen LogP contribution < -0.4 is 5.73 Å². The van der Waals surface area contributed by atoms with Gasteiger partial charge in [-0.2, -0.15) is 0 Å². The van der Waals surface area contributed by atoms with Crippen molar-refractivity contribution >= 4 is 11.0 Å². The van der Waals surface area contributed by atoms with Crippen molar-refractivity contribution in [3.63, 3.8) is 0 Å². The molecule has 3 nitrogen and oxygen atoms in total. The second-order valence-electron chi connectivity index (χ2n) is 4.81. The first-order valence-electron chi connectivity index (χ1n) is 6.28. The molecule has 3 rings (SSSR count). The summed E-state index contributed by atoms with van der Waals surface area (Å²) in [5.74, 6) is 0.439. The molecule has 1 fully saturated rings. The van der Waals surface area contributed by atoms with Crippen LogP contribution in [0.15, 0.2) is 28.7 Å². The molecule has 1 aromatic carbocycles. The number of furan rings is 1. The molecule has 0 spiro atoms. The van der Waals surface area contributed by atoms with Gasteiger partial charge in [0.25, 0.3) is 0 Å². The Kier molecular flexibility index (Phi) is 3.06. The van der Waals surface area contributed by atoms with E-state index in [9.17, 15) is 4.39 Å². The van der Waals surface area contributed by atoms with Crippen LogP contribution in [0.5, 0.6) is 0 Å². The van der Waals surface area contributed by atoms with Crippen molar-refractivity contribution in [1.82, 2.24) is 0 Å². The molecule has 0 amide bonds. The van der Waals surface area contributed by atoms with Gasteiger partial charge in [-0.1, -0.05) is 0 Å². The minimum absolute atomic E-state index is 0.191. The minimum Gasteiger partial charge on any atom is -0.459 e. The lowest BCUT2D eigenvalue weighted by atomic mass is 10.1. The second kappa shape index (κ2) is 4.71. The molecular formula is C14H16FNO2. The summed E-state index contributed by atoms with van der Waals surface area (Å²) in [5.41, 5.74) is 6.78. The van der Waals surface area contributed by atoms with Gasteiger partial charge in [-0.25, -0.2) is 4.39 Å². The van der Waals surface area contributed by atoms with Crippen LogP contribution in [0.25, 0.3) is 11.0 Å². The van der Waals surface area contributed by atoms with E-state index in [2.05, 4.69) is 0 Å². The van der Waals surface area contributed by atoms with Crippen LogP contribution in [0.4, 0.5) is 4.39 Å². The van der Waals surface area contributed by atoms with E-state index in [-0.39, 0.29) is 18.0 Å². The zero-order chi connectivity index (χ0) is 12.5. The van der Waals surface area contributed by atoms with Gasteiger partial charge in [-0.3, -0.25) is 0 Å². The van der Waals surface area contributed by atoms with Gasteiger partial charge >= 0.3 is 0 Å². The Morgan fingerprint density at radius 1 is 1.39 bits per heavy atom. The summed E-state index contributed by atoms with van der Waals surface area (Å²) in [4.78, 5) is 0. The van der Waals surface area contributed by atoms with Crippen molar-refractivity contribution in [1.29, 1.82) is 0 Å². The highest BCUT2D eigenvalue weighted by molar-refractivity contribution is 5.77. The summed E-state index contributed by atoms with van der Waals surface area (Å²) < 4.78 is 24.3. The molecule has 0 aliphatic carbocycles. The van der Waals surface area contributed by atoms with Gasteiger partial charge in [0, 0.05) is 12.0 Å². The Bertz CT molecular complexity index is 546. The van der Waals surface area contributed by atoms with Gasteiger partial charge in [-0.15, -0.1) is 0 Å². The zero-order valence-electron chi connectivity index (χ0n) is 10.1. The highest BCUT2D eigenvalue weighted by atomic mass is 19.1. The highest BCUT2D eigenvalue weighted by Crippen LogP contribution is 2.28. The molecule has 4 heteroatoms. The van der Waals surface area contributed by atoms with E-state index in [1.807, 2.05) is 6.07 Å². The van der Waals surface area contributed by atoms with Crippen molar-refractivity contribution in [3.05, 3.63) is 35.8 Å². The lowest BCUT2D eigenvalue weighted by Crippen LogP contribution is -2.17. The number of benzene rings is 1. The highest BCUT2D eigenvalue weighted by Gasteiger charge is 2.21. The summed E-state index contributed by atoms with van der Waals surface area (Å²) >= 11 is 0. The number of hydrogen-bond acceptors (Lipinski definition) is 3. The molecule has 96 valence electrons. The maximum Gasteiger partial charge on any atom is 0.134 e. The maximum atomic E-state index is 13.1. The molecule has 0 radical (unpaired) electrons. The lowest BCUT2D eigenvalue weighted by Gasteiger charge is -2.13. The molecule has 0 bridgehead atoms. The monoisotopic (exact) mass is 249 g/mol. The summed E-state index contributed by atoms with van der Waals surface area (Å²) in [5, 5.41) is 0.757. The van der Waals surface area contributed by atoms with Crippen LogP contribution in [0.2, 0.25) is 0 Å². The summed E-state index contributed by atoms with van der Waals surface area (Å²) in [6, 6.07) is 6.11. The number of hydrogen-bond donors (Lipinski definition) is 1. The molecule has 1 aliphatic heterocycles. The number of halogens is 1. The third-order valence-electron chi connectivity index (χ3n) is 3.40. The van der Waals surface area contributed by atoms with Gasteiger partial charge in [0.2, 0.25) is 0 Å². The van der Waals surface area contributed by atoms with Crippen LogP contribution >= 0.6 is 0 Å². The Hall–Kier alpha value is -1.39. The largest absolute Gasteiger partial charge is 0.459 e. The van der Waals surface area contributed by atoms with Crippen molar-refractivity contribution in [2.24, 2.45) is 5.73 Å². The zero-order valence-corrected chi connectivity index (χ0v) is 10.1.